The number of esters is 1. The zero-order valence-corrected chi connectivity index (χ0v) is 18.9. The van der Waals surface area contributed by atoms with Gasteiger partial charge in [0.25, 0.3) is 0 Å². The third kappa shape index (κ3) is 4.54. The number of tetrazole rings is 1. The molecule has 0 unspecified atom stereocenters. The molecule has 0 aliphatic heterocycles. The number of ether oxygens (including phenoxy) is 1. The van der Waals surface area contributed by atoms with Gasteiger partial charge in [-0.15, -0.1) is 5.10 Å². The van der Waals surface area contributed by atoms with Crippen molar-refractivity contribution < 1.29 is 18.7 Å². The van der Waals surface area contributed by atoms with Crippen LogP contribution >= 0.6 is 0 Å². The van der Waals surface area contributed by atoms with E-state index in [0.717, 1.165) is 5.56 Å². The Bertz CT molecular complexity index is 1390. The first-order valence-electron chi connectivity index (χ1n) is 10.5. The highest BCUT2D eigenvalue weighted by atomic mass is 19.1. The highest BCUT2D eigenvalue weighted by Crippen LogP contribution is 2.23. The molecule has 172 valence electrons. The summed E-state index contributed by atoms with van der Waals surface area (Å²) < 4.78 is 22.6. The van der Waals surface area contributed by atoms with Crippen LogP contribution in [0.15, 0.2) is 60.7 Å². The number of halogens is 1. The van der Waals surface area contributed by atoms with Crippen LogP contribution in [0.2, 0.25) is 0 Å². The summed E-state index contributed by atoms with van der Waals surface area (Å²) in [5.74, 6) is -1.17. The van der Waals surface area contributed by atoms with Gasteiger partial charge in [-0.2, -0.15) is 4.68 Å². The maximum atomic E-state index is 14.3. The third-order valence-electron chi connectivity index (χ3n) is 5.32. The molecule has 8 nitrogen and oxygen atoms in total. The number of aryl methyl sites for hydroxylation is 2. The Labute approximate surface area is 195 Å². The van der Waals surface area contributed by atoms with E-state index in [-0.39, 0.29) is 5.70 Å². The van der Waals surface area contributed by atoms with Crippen molar-refractivity contribution in [1.82, 2.24) is 24.8 Å². The Balaban J connectivity index is 1.57. The Hall–Kier alpha value is -4.40. The lowest BCUT2D eigenvalue weighted by Gasteiger charge is -2.11. The van der Waals surface area contributed by atoms with Gasteiger partial charge in [0.1, 0.15) is 5.82 Å². The van der Waals surface area contributed by atoms with Gasteiger partial charge in [0, 0.05) is 17.0 Å². The van der Waals surface area contributed by atoms with E-state index in [9.17, 15) is 14.0 Å². The average molecular weight is 459 g/mol. The highest BCUT2D eigenvalue weighted by molar-refractivity contribution is 6.16. The van der Waals surface area contributed by atoms with Gasteiger partial charge in [-0.25, -0.2) is 9.18 Å². The molecule has 0 saturated carbocycles. The van der Waals surface area contributed by atoms with Crippen LogP contribution in [-0.4, -0.2) is 43.1 Å². The molecule has 2 heterocycles. The lowest BCUT2D eigenvalue weighted by molar-refractivity contribution is -0.136. The quantitative estimate of drug-likeness (QED) is 0.236. The van der Waals surface area contributed by atoms with Crippen LogP contribution in [0.1, 0.15) is 33.1 Å². The van der Waals surface area contributed by atoms with Gasteiger partial charge in [0.15, 0.2) is 18.1 Å². The van der Waals surface area contributed by atoms with E-state index in [1.54, 1.807) is 55.7 Å². The molecule has 0 amide bonds. The van der Waals surface area contributed by atoms with E-state index < -0.39 is 24.2 Å². The van der Waals surface area contributed by atoms with E-state index >= 15 is 0 Å². The van der Waals surface area contributed by atoms with Crippen molar-refractivity contribution in [2.24, 2.45) is 0 Å². The van der Waals surface area contributed by atoms with E-state index in [2.05, 4.69) is 15.5 Å². The van der Waals surface area contributed by atoms with Crippen LogP contribution in [0.5, 0.6) is 0 Å². The number of hydrogen-bond donors (Lipinski definition) is 0. The van der Waals surface area contributed by atoms with Crippen molar-refractivity contribution in [3.63, 3.8) is 0 Å². The molecular formula is C25H22FN5O3. The molecule has 9 heteroatoms. The van der Waals surface area contributed by atoms with Crippen LogP contribution in [0.4, 0.5) is 4.39 Å². The topological polar surface area (TPSA) is 91.9 Å². The number of benzene rings is 2. The lowest BCUT2D eigenvalue weighted by atomic mass is 10.1. The van der Waals surface area contributed by atoms with Crippen LogP contribution in [0.25, 0.3) is 17.5 Å². The van der Waals surface area contributed by atoms with Gasteiger partial charge in [0.2, 0.25) is 5.78 Å². The van der Waals surface area contributed by atoms with Crippen molar-refractivity contribution in [1.29, 1.82) is 0 Å². The summed E-state index contributed by atoms with van der Waals surface area (Å²) in [5.41, 5.74) is 2.74. The predicted octanol–water partition coefficient (Wildman–Crippen LogP) is 3.95. The molecule has 0 radical (unpaired) electrons. The van der Waals surface area contributed by atoms with Crippen molar-refractivity contribution in [3.8, 4) is 5.69 Å². The van der Waals surface area contributed by atoms with Crippen LogP contribution in [-0.2, 0) is 9.53 Å². The van der Waals surface area contributed by atoms with E-state index in [1.165, 1.54) is 10.7 Å². The van der Waals surface area contributed by atoms with Crippen molar-refractivity contribution in [3.05, 3.63) is 94.8 Å². The standard InChI is InChI=1S/C25H22FN5O3/c1-16-13-20(17(2)30(16)22-12-8-7-11-21(22)26)24(32)15-34-25(33)23(31-18(3)27-28-29-31)14-19-9-5-4-6-10-19/h4-14H,15H2,1-3H3/b23-14-. The molecule has 2 aromatic carbocycles. The summed E-state index contributed by atoms with van der Waals surface area (Å²) in [5, 5.41) is 11.3. The summed E-state index contributed by atoms with van der Waals surface area (Å²) in [6.07, 6.45) is 1.58. The molecule has 0 atom stereocenters. The number of rotatable bonds is 7. The first-order valence-corrected chi connectivity index (χ1v) is 10.5. The van der Waals surface area contributed by atoms with Crippen LogP contribution in [0, 0.1) is 26.6 Å². The molecule has 0 N–H and O–H groups in total. The molecule has 0 spiro atoms. The van der Waals surface area contributed by atoms with Gasteiger partial charge >= 0.3 is 5.97 Å². The number of carbonyl (C=O) groups excluding carboxylic acids is 2. The monoisotopic (exact) mass is 459 g/mol. The maximum Gasteiger partial charge on any atom is 0.357 e. The number of ketones is 1. The molecule has 4 aromatic rings. The fourth-order valence-electron chi connectivity index (χ4n) is 3.70. The summed E-state index contributed by atoms with van der Waals surface area (Å²) in [7, 11) is 0. The van der Waals surface area contributed by atoms with Gasteiger partial charge in [-0.3, -0.25) is 4.79 Å². The van der Waals surface area contributed by atoms with Crippen molar-refractivity contribution in [2.45, 2.75) is 20.8 Å². The normalized spacial score (nSPS) is 11.5. The second-order valence-electron chi connectivity index (χ2n) is 7.65. The number of carbonyl (C=O) groups is 2. The summed E-state index contributed by atoms with van der Waals surface area (Å²) in [4.78, 5) is 25.9. The van der Waals surface area contributed by atoms with Gasteiger partial charge in [-0.1, -0.05) is 42.5 Å². The molecule has 0 aliphatic carbocycles. The fourth-order valence-corrected chi connectivity index (χ4v) is 3.70. The molecule has 2 aromatic heterocycles. The second-order valence-corrected chi connectivity index (χ2v) is 7.65. The van der Waals surface area contributed by atoms with Crippen LogP contribution in [0.3, 0.4) is 0 Å². The van der Waals surface area contributed by atoms with E-state index in [1.807, 2.05) is 30.3 Å². The lowest BCUT2D eigenvalue weighted by Crippen LogP contribution is -2.19. The number of hydrogen-bond acceptors (Lipinski definition) is 6. The zero-order valence-electron chi connectivity index (χ0n) is 18.9. The summed E-state index contributed by atoms with van der Waals surface area (Å²) in [6.45, 7) is 4.66. The summed E-state index contributed by atoms with van der Waals surface area (Å²) >= 11 is 0. The minimum absolute atomic E-state index is 0.0679. The first kappa shape index (κ1) is 22.8. The average Bonchev–Trinajstić information content (AvgIpc) is 3.39. The number of aromatic nitrogens is 5. The smallest absolute Gasteiger partial charge is 0.357 e. The minimum atomic E-state index is -0.754. The summed E-state index contributed by atoms with van der Waals surface area (Å²) in [6, 6.07) is 17.1. The zero-order chi connectivity index (χ0) is 24.2. The second kappa shape index (κ2) is 9.62. The highest BCUT2D eigenvalue weighted by Gasteiger charge is 2.22. The fraction of sp³-hybridized carbons (Fsp3) is 0.160. The Morgan fingerprint density at radius 2 is 1.74 bits per heavy atom. The van der Waals surface area contributed by atoms with Gasteiger partial charge in [0.05, 0.1) is 5.69 Å². The molecule has 34 heavy (non-hydrogen) atoms. The Morgan fingerprint density at radius 1 is 1.03 bits per heavy atom. The molecule has 0 aliphatic rings. The number of para-hydroxylation sites is 1. The van der Waals surface area contributed by atoms with Gasteiger partial charge in [-0.05, 0) is 61.0 Å². The SMILES string of the molecule is Cc1nnnn1/C(=C\c1ccccc1)C(=O)OCC(=O)c1cc(C)n(-c2ccccc2F)c1C. The van der Waals surface area contributed by atoms with E-state index in [4.69, 9.17) is 4.74 Å². The first-order chi connectivity index (χ1) is 16.4. The molecule has 0 saturated heterocycles. The Morgan fingerprint density at radius 3 is 2.41 bits per heavy atom. The van der Waals surface area contributed by atoms with Gasteiger partial charge < -0.3 is 9.30 Å². The third-order valence-corrected chi connectivity index (χ3v) is 5.32. The largest absolute Gasteiger partial charge is 0.453 e. The molecular weight excluding hydrogens is 437 g/mol. The molecule has 4 rings (SSSR count). The molecule has 0 bridgehead atoms. The molecule has 0 fully saturated rings. The predicted molar refractivity (Wildman–Crippen MR) is 124 cm³/mol. The van der Waals surface area contributed by atoms with Crippen molar-refractivity contribution >= 4 is 23.5 Å². The number of nitrogens with zero attached hydrogens (tertiary/aromatic N) is 5. The minimum Gasteiger partial charge on any atom is -0.453 e. The van der Waals surface area contributed by atoms with E-state index in [0.29, 0.717) is 28.5 Å². The maximum absolute atomic E-state index is 14.3. The van der Waals surface area contributed by atoms with Crippen LogP contribution < -0.4 is 0 Å². The number of Topliss-reactive ketones (excluding diaryl/α,β-unsaturated/α-hetero) is 1. The van der Waals surface area contributed by atoms with Crippen molar-refractivity contribution in [2.75, 3.05) is 6.61 Å². The Kier molecular flexibility index (Phi) is 6.44.